The van der Waals surface area contributed by atoms with Crippen LogP contribution in [0.15, 0.2) is 24.3 Å². The predicted molar refractivity (Wildman–Crippen MR) is 67.5 cm³/mol. The second kappa shape index (κ2) is 8.06. The van der Waals surface area contributed by atoms with Gasteiger partial charge in [0.25, 0.3) is 0 Å². The molecule has 19 heavy (non-hydrogen) atoms. The first-order valence-corrected chi connectivity index (χ1v) is 5.69. The number of benzene rings is 1. The molecule has 0 aromatic heterocycles. The van der Waals surface area contributed by atoms with E-state index < -0.39 is 5.60 Å². The average Bonchev–Trinajstić information content (AvgIpc) is 2.27. The fourth-order valence-electron chi connectivity index (χ4n) is 1.15. The summed E-state index contributed by atoms with van der Waals surface area (Å²) in [7, 11) is 0. The van der Waals surface area contributed by atoms with Crippen molar-refractivity contribution in [3.8, 4) is 5.75 Å². The van der Waals surface area contributed by atoms with E-state index in [0.717, 1.165) is 5.56 Å². The second-order valence-electron chi connectivity index (χ2n) is 4.77. The van der Waals surface area contributed by atoms with Crippen LogP contribution < -0.4 is 4.74 Å². The molecular formula is C14H18O5. The minimum atomic E-state index is -0.465. The molecule has 0 radical (unpaired) electrons. The van der Waals surface area contributed by atoms with Crippen LogP contribution in [0, 0.1) is 6.92 Å². The molecule has 1 aromatic rings. The average molecular weight is 266 g/mol. The molecule has 5 nitrogen and oxygen atoms in total. The summed E-state index contributed by atoms with van der Waals surface area (Å²) < 4.78 is 10.4. The molecule has 0 aliphatic rings. The van der Waals surface area contributed by atoms with Gasteiger partial charge in [-0.25, -0.2) is 4.79 Å². The molecule has 104 valence electrons. The third kappa shape index (κ3) is 9.56. The highest BCUT2D eigenvalue weighted by Gasteiger charge is 2.16. The van der Waals surface area contributed by atoms with Crippen LogP contribution in [0.5, 0.6) is 5.75 Å². The number of carbonyl (C=O) groups is 1. The van der Waals surface area contributed by atoms with Crippen molar-refractivity contribution in [3.63, 3.8) is 0 Å². The molecule has 0 spiro atoms. The number of hydrogen-bond acceptors (Lipinski definition) is 5. The lowest BCUT2D eigenvalue weighted by molar-refractivity contribution is -0.191. The van der Waals surface area contributed by atoms with E-state index in [1.54, 1.807) is 0 Å². The molecule has 0 aliphatic heterocycles. The fraction of sp³-hybridized carbons (Fsp3) is 0.429. The maximum absolute atomic E-state index is 11.4. The van der Waals surface area contributed by atoms with Gasteiger partial charge in [0, 0.05) is 0 Å². The van der Waals surface area contributed by atoms with Gasteiger partial charge >= 0.3 is 12.1 Å². The summed E-state index contributed by atoms with van der Waals surface area (Å²) in [6.45, 7) is 7.43. The molecule has 0 N–H and O–H groups in total. The van der Waals surface area contributed by atoms with Crippen molar-refractivity contribution in [2.45, 2.75) is 33.3 Å². The lowest BCUT2D eigenvalue weighted by Crippen LogP contribution is -2.27. The number of hydrogen-bond donors (Lipinski definition) is 0. The van der Waals surface area contributed by atoms with E-state index in [0.29, 0.717) is 5.75 Å². The summed E-state index contributed by atoms with van der Waals surface area (Å²) in [5.41, 5.74) is 0.692. The number of carbonyl (C=O) groups excluding carboxylic acids is 3. The predicted octanol–water partition coefficient (Wildman–Crippen LogP) is 2.13. The Morgan fingerprint density at radius 3 is 2.05 bits per heavy atom. The monoisotopic (exact) mass is 266 g/mol. The summed E-state index contributed by atoms with van der Waals surface area (Å²) in [5.74, 6) is 0.324. The minimum absolute atomic E-state index is 0.0552. The zero-order valence-corrected chi connectivity index (χ0v) is 11.6. The van der Waals surface area contributed by atoms with Gasteiger partial charge in [-0.1, -0.05) is 17.7 Å². The number of aryl methyl sites for hydroxylation is 1. The van der Waals surface area contributed by atoms with E-state index in [4.69, 9.17) is 19.1 Å². The standard InChI is InChI=1S/C13H18O3.CO2/c1-10-5-7-11(8-6-10)15-9-12(14)16-13(2,3)4;2-1-3/h5-8H,9H2,1-4H3;. The Bertz CT molecular complexity index is 422. The number of rotatable bonds is 3. The molecule has 0 unspecified atom stereocenters. The van der Waals surface area contributed by atoms with E-state index in [2.05, 4.69) is 0 Å². The smallest absolute Gasteiger partial charge is 0.373 e. The Morgan fingerprint density at radius 2 is 1.63 bits per heavy atom. The van der Waals surface area contributed by atoms with Crippen LogP contribution in [0.25, 0.3) is 0 Å². The van der Waals surface area contributed by atoms with Crippen LogP contribution in [-0.4, -0.2) is 24.3 Å². The first-order chi connectivity index (χ1) is 8.78. The summed E-state index contributed by atoms with van der Waals surface area (Å²) >= 11 is 0. The largest absolute Gasteiger partial charge is 0.482 e. The van der Waals surface area contributed by atoms with Gasteiger partial charge in [-0.05, 0) is 39.8 Å². The minimum Gasteiger partial charge on any atom is -0.482 e. The first-order valence-electron chi connectivity index (χ1n) is 5.69. The Kier molecular flexibility index (Phi) is 7.15. The van der Waals surface area contributed by atoms with E-state index >= 15 is 0 Å². The lowest BCUT2D eigenvalue weighted by Gasteiger charge is -2.19. The molecule has 0 amide bonds. The molecule has 0 bridgehead atoms. The maximum Gasteiger partial charge on any atom is 0.373 e. The Labute approximate surface area is 112 Å². The van der Waals surface area contributed by atoms with Crippen LogP contribution in [-0.2, 0) is 19.1 Å². The van der Waals surface area contributed by atoms with E-state index in [1.807, 2.05) is 52.0 Å². The fourth-order valence-corrected chi connectivity index (χ4v) is 1.15. The van der Waals surface area contributed by atoms with Crippen molar-refractivity contribution in [1.29, 1.82) is 0 Å². The first kappa shape index (κ1) is 16.9. The van der Waals surface area contributed by atoms with Crippen molar-refractivity contribution < 1.29 is 23.9 Å². The Hall–Kier alpha value is -2.13. The van der Waals surface area contributed by atoms with Crippen LogP contribution in [0.2, 0.25) is 0 Å². The zero-order chi connectivity index (χ0) is 14.9. The molecule has 1 aromatic carbocycles. The van der Waals surface area contributed by atoms with Crippen molar-refractivity contribution in [3.05, 3.63) is 29.8 Å². The topological polar surface area (TPSA) is 69.7 Å². The SMILES string of the molecule is Cc1ccc(OCC(=O)OC(C)(C)C)cc1.O=C=O. The highest BCUT2D eigenvalue weighted by Crippen LogP contribution is 2.12. The van der Waals surface area contributed by atoms with E-state index in [-0.39, 0.29) is 18.7 Å². The van der Waals surface area contributed by atoms with Gasteiger partial charge in [0.05, 0.1) is 0 Å². The third-order valence-electron chi connectivity index (χ3n) is 1.80. The van der Waals surface area contributed by atoms with Crippen LogP contribution >= 0.6 is 0 Å². The van der Waals surface area contributed by atoms with Crippen LogP contribution in [0.4, 0.5) is 0 Å². The molecule has 0 saturated heterocycles. The van der Waals surface area contributed by atoms with Crippen molar-refractivity contribution >= 4 is 12.1 Å². The van der Waals surface area contributed by atoms with Crippen LogP contribution in [0.3, 0.4) is 0 Å². The molecule has 0 fully saturated rings. The molecule has 0 heterocycles. The zero-order valence-electron chi connectivity index (χ0n) is 11.6. The highest BCUT2D eigenvalue weighted by molar-refractivity contribution is 5.71. The summed E-state index contributed by atoms with van der Waals surface area (Å²) in [4.78, 5) is 27.6. The maximum atomic E-state index is 11.4. The number of ether oxygens (including phenoxy) is 2. The number of esters is 1. The molecule has 1 rings (SSSR count). The Balaban J connectivity index is 0.000000982. The van der Waals surface area contributed by atoms with Gasteiger partial charge in [-0.15, -0.1) is 0 Å². The van der Waals surface area contributed by atoms with E-state index in [1.165, 1.54) is 0 Å². The van der Waals surface area contributed by atoms with Gasteiger partial charge in [0.15, 0.2) is 6.61 Å². The normalized spacial score (nSPS) is 9.68. The van der Waals surface area contributed by atoms with Gasteiger partial charge in [-0.2, -0.15) is 9.59 Å². The van der Waals surface area contributed by atoms with Crippen molar-refractivity contribution in [2.75, 3.05) is 6.61 Å². The van der Waals surface area contributed by atoms with Gasteiger partial charge in [0.1, 0.15) is 11.4 Å². The second-order valence-corrected chi connectivity index (χ2v) is 4.77. The van der Waals surface area contributed by atoms with Crippen molar-refractivity contribution in [2.24, 2.45) is 0 Å². The summed E-state index contributed by atoms with van der Waals surface area (Å²) in [5, 5.41) is 0. The molecule has 0 aliphatic carbocycles. The summed E-state index contributed by atoms with van der Waals surface area (Å²) in [6, 6.07) is 7.54. The van der Waals surface area contributed by atoms with Crippen LogP contribution in [0.1, 0.15) is 26.3 Å². The van der Waals surface area contributed by atoms with Gasteiger partial charge < -0.3 is 9.47 Å². The molecule has 5 heteroatoms. The van der Waals surface area contributed by atoms with E-state index in [9.17, 15) is 4.79 Å². The summed E-state index contributed by atoms with van der Waals surface area (Å²) in [6.07, 6.45) is 0.250. The Morgan fingerprint density at radius 1 is 1.16 bits per heavy atom. The quantitative estimate of drug-likeness (QED) is 0.784. The lowest BCUT2D eigenvalue weighted by atomic mass is 10.2. The van der Waals surface area contributed by atoms with Gasteiger partial charge in [-0.3, -0.25) is 0 Å². The third-order valence-corrected chi connectivity index (χ3v) is 1.80. The van der Waals surface area contributed by atoms with Crippen molar-refractivity contribution in [1.82, 2.24) is 0 Å². The highest BCUT2D eigenvalue weighted by atomic mass is 16.6. The molecule has 0 saturated carbocycles. The molecule has 0 atom stereocenters. The molecular weight excluding hydrogens is 248 g/mol. The van der Waals surface area contributed by atoms with Gasteiger partial charge in [0.2, 0.25) is 0 Å².